The van der Waals surface area contributed by atoms with Crippen molar-refractivity contribution in [2.75, 3.05) is 26.1 Å². The highest BCUT2D eigenvalue weighted by Crippen LogP contribution is 2.26. The quantitative estimate of drug-likeness (QED) is 0.523. The fourth-order valence-electron chi connectivity index (χ4n) is 2.33. The molecule has 0 fully saturated rings. The van der Waals surface area contributed by atoms with Crippen molar-refractivity contribution in [1.29, 1.82) is 0 Å². The van der Waals surface area contributed by atoms with Gasteiger partial charge in [0.2, 0.25) is 0 Å². The zero-order chi connectivity index (χ0) is 19.6. The summed E-state index contributed by atoms with van der Waals surface area (Å²) in [6.45, 7) is 4.31. The molecule has 0 saturated carbocycles. The maximum atomic E-state index is 12.2. The number of hydrogen-bond acceptors (Lipinski definition) is 6. The van der Waals surface area contributed by atoms with Crippen molar-refractivity contribution in [2.24, 2.45) is 5.10 Å². The number of carbonyl (C=O) groups excluding carboxylic acids is 1. The Kier molecular flexibility index (Phi) is 7.49. The molecule has 0 aliphatic carbocycles. The third-order valence-corrected chi connectivity index (χ3v) is 3.74. The van der Waals surface area contributed by atoms with Crippen molar-refractivity contribution in [3.63, 3.8) is 0 Å². The molecule has 0 aromatic heterocycles. The van der Waals surface area contributed by atoms with Gasteiger partial charge in [0.25, 0.3) is 5.91 Å². The SMILES string of the molecule is CCOc1ccc(N[C@H](C)C(=O)N/N=C\c2ccc(OC)c(OC)c2)cc1. The van der Waals surface area contributed by atoms with E-state index in [2.05, 4.69) is 15.8 Å². The van der Waals surface area contributed by atoms with E-state index in [1.807, 2.05) is 37.3 Å². The summed E-state index contributed by atoms with van der Waals surface area (Å²) < 4.78 is 15.8. The van der Waals surface area contributed by atoms with Crippen LogP contribution in [0, 0.1) is 0 Å². The smallest absolute Gasteiger partial charge is 0.262 e. The summed E-state index contributed by atoms with van der Waals surface area (Å²) in [7, 11) is 3.14. The van der Waals surface area contributed by atoms with Crippen LogP contribution < -0.4 is 25.0 Å². The maximum absolute atomic E-state index is 12.2. The Bertz CT molecular complexity index is 775. The minimum absolute atomic E-state index is 0.249. The summed E-state index contributed by atoms with van der Waals surface area (Å²) in [5.41, 5.74) is 4.12. The van der Waals surface area contributed by atoms with Gasteiger partial charge in [0.15, 0.2) is 11.5 Å². The number of nitrogens with one attached hydrogen (secondary N) is 2. The highest BCUT2D eigenvalue weighted by Gasteiger charge is 2.11. The zero-order valence-electron chi connectivity index (χ0n) is 16.0. The summed E-state index contributed by atoms with van der Waals surface area (Å²) in [6.07, 6.45) is 1.55. The van der Waals surface area contributed by atoms with E-state index in [4.69, 9.17) is 14.2 Å². The van der Waals surface area contributed by atoms with Crippen LogP contribution in [0.3, 0.4) is 0 Å². The molecule has 7 heteroatoms. The molecule has 1 atom stereocenters. The van der Waals surface area contributed by atoms with Gasteiger partial charge in [-0.1, -0.05) is 0 Å². The van der Waals surface area contributed by atoms with E-state index in [1.54, 1.807) is 39.5 Å². The largest absolute Gasteiger partial charge is 0.494 e. The van der Waals surface area contributed by atoms with Gasteiger partial charge in [0.05, 0.1) is 27.0 Å². The standard InChI is InChI=1S/C20H25N3O4/c1-5-27-17-9-7-16(8-10-17)22-14(2)20(24)23-21-13-15-6-11-18(25-3)19(12-15)26-4/h6-14,22H,5H2,1-4H3,(H,23,24)/b21-13-/t14-/m1/s1. The molecule has 2 rings (SSSR count). The van der Waals surface area contributed by atoms with Crippen molar-refractivity contribution >= 4 is 17.8 Å². The van der Waals surface area contributed by atoms with E-state index < -0.39 is 6.04 Å². The number of benzene rings is 2. The number of amides is 1. The molecule has 0 aliphatic rings. The first-order chi connectivity index (χ1) is 13.1. The Morgan fingerprint density at radius 1 is 1.11 bits per heavy atom. The normalized spacial score (nSPS) is 11.7. The predicted molar refractivity (Wildman–Crippen MR) is 106 cm³/mol. The second-order valence-electron chi connectivity index (χ2n) is 5.67. The Labute approximate surface area is 159 Å². The van der Waals surface area contributed by atoms with Gasteiger partial charge in [-0.25, -0.2) is 5.43 Å². The summed E-state index contributed by atoms with van der Waals surface area (Å²) >= 11 is 0. The Balaban J connectivity index is 1.89. The lowest BCUT2D eigenvalue weighted by atomic mass is 10.2. The number of methoxy groups -OCH3 is 2. The highest BCUT2D eigenvalue weighted by atomic mass is 16.5. The lowest BCUT2D eigenvalue weighted by molar-refractivity contribution is -0.121. The molecule has 2 N–H and O–H groups in total. The molecule has 0 heterocycles. The first kappa shape index (κ1) is 20.1. The summed E-state index contributed by atoms with van der Waals surface area (Å²) in [6, 6.07) is 12.3. The molecule has 2 aromatic rings. The lowest BCUT2D eigenvalue weighted by Gasteiger charge is -2.14. The van der Waals surface area contributed by atoms with Gasteiger partial charge in [-0.3, -0.25) is 4.79 Å². The molecule has 0 unspecified atom stereocenters. The molecule has 0 bridgehead atoms. The third kappa shape index (κ3) is 5.91. The minimum atomic E-state index is -0.453. The van der Waals surface area contributed by atoms with E-state index in [-0.39, 0.29) is 5.91 Å². The van der Waals surface area contributed by atoms with Crippen LogP contribution in [0.5, 0.6) is 17.2 Å². The predicted octanol–water partition coefficient (Wildman–Crippen LogP) is 3.05. The molecule has 0 saturated heterocycles. The summed E-state index contributed by atoms with van der Waals surface area (Å²) in [5, 5.41) is 7.11. The number of hydrazone groups is 1. The number of anilines is 1. The molecule has 0 aliphatic heterocycles. The van der Waals surface area contributed by atoms with Crippen molar-refractivity contribution in [1.82, 2.24) is 5.43 Å². The van der Waals surface area contributed by atoms with Gasteiger partial charge in [0, 0.05) is 5.69 Å². The second kappa shape index (κ2) is 10.1. The second-order valence-corrected chi connectivity index (χ2v) is 5.67. The van der Waals surface area contributed by atoms with Crippen LogP contribution in [-0.2, 0) is 4.79 Å². The number of hydrogen-bond donors (Lipinski definition) is 2. The Morgan fingerprint density at radius 2 is 1.81 bits per heavy atom. The van der Waals surface area contributed by atoms with E-state index in [9.17, 15) is 4.79 Å². The van der Waals surface area contributed by atoms with Crippen LogP contribution in [-0.4, -0.2) is 39.0 Å². The molecular weight excluding hydrogens is 346 g/mol. The van der Waals surface area contributed by atoms with Gasteiger partial charge >= 0.3 is 0 Å². The minimum Gasteiger partial charge on any atom is -0.494 e. The van der Waals surface area contributed by atoms with Gasteiger partial charge in [0.1, 0.15) is 11.8 Å². The Hall–Kier alpha value is -3.22. The van der Waals surface area contributed by atoms with Crippen molar-refractivity contribution in [3.05, 3.63) is 48.0 Å². The molecule has 1 amide bonds. The third-order valence-electron chi connectivity index (χ3n) is 3.74. The van der Waals surface area contributed by atoms with Crippen LogP contribution >= 0.6 is 0 Å². The maximum Gasteiger partial charge on any atom is 0.262 e. The summed E-state index contributed by atoms with van der Waals surface area (Å²) in [4.78, 5) is 12.2. The van der Waals surface area contributed by atoms with E-state index in [0.717, 1.165) is 17.0 Å². The highest BCUT2D eigenvalue weighted by molar-refractivity contribution is 5.86. The average Bonchev–Trinajstić information content (AvgIpc) is 2.69. The Morgan fingerprint density at radius 3 is 2.44 bits per heavy atom. The first-order valence-corrected chi connectivity index (χ1v) is 8.61. The molecule has 0 radical (unpaired) electrons. The van der Waals surface area contributed by atoms with Crippen LogP contribution in [0.2, 0.25) is 0 Å². The number of nitrogens with zero attached hydrogens (tertiary/aromatic N) is 1. The monoisotopic (exact) mass is 371 g/mol. The fraction of sp³-hybridized carbons (Fsp3) is 0.300. The molecule has 27 heavy (non-hydrogen) atoms. The summed E-state index contributed by atoms with van der Waals surface area (Å²) in [5.74, 6) is 1.77. The van der Waals surface area contributed by atoms with Crippen LogP contribution in [0.4, 0.5) is 5.69 Å². The lowest BCUT2D eigenvalue weighted by Crippen LogP contribution is -2.34. The first-order valence-electron chi connectivity index (χ1n) is 8.61. The molecule has 0 spiro atoms. The molecule has 2 aromatic carbocycles. The number of ether oxygens (including phenoxy) is 3. The van der Waals surface area contributed by atoms with Gasteiger partial charge in [-0.15, -0.1) is 0 Å². The molecule has 7 nitrogen and oxygen atoms in total. The van der Waals surface area contributed by atoms with Crippen molar-refractivity contribution < 1.29 is 19.0 Å². The van der Waals surface area contributed by atoms with Gasteiger partial charge < -0.3 is 19.5 Å². The van der Waals surface area contributed by atoms with Crippen LogP contribution in [0.15, 0.2) is 47.6 Å². The van der Waals surface area contributed by atoms with Gasteiger partial charge in [-0.05, 0) is 61.9 Å². The van der Waals surface area contributed by atoms with Crippen LogP contribution in [0.1, 0.15) is 19.4 Å². The van der Waals surface area contributed by atoms with Crippen molar-refractivity contribution in [3.8, 4) is 17.2 Å². The van der Waals surface area contributed by atoms with E-state index in [0.29, 0.717) is 18.1 Å². The molecule has 144 valence electrons. The van der Waals surface area contributed by atoms with Gasteiger partial charge in [-0.2, -0.15) is 5.10 Å². The van der Waals surface area contributed by atoms with E-state index in [1.165, 1.54) is 0 Å². The average molecular weight is 371 g/mol. The number of rotatable bonds is 9. The molecular formula is C20H25N3O4. The van der Waals surface area contributed by atoms with Crippen molar-refractivity contribution in [2.45, 2.75) is 19.9 Å². The fourth-order valence-corrected chi connectivity index (χ4v) is 2.33. The zero-order valence-corrected chi connectivity index (χ0v) is 16.0. The number of carbonyl (C=O) groups is 1. The topological polar surface area (TPSA) is 81.2 Å². The van der Waals surface area contributed by atoms with E-state index >= 15 is 0 Å². The van der Waals surface area contributed by atoms with Crippen LogP contribution in [0.25, 0.3) is 0 Å².